The second-order valence-electron chi connectivity index (χ2n) is 5.90. The number of carbonyl (C=O) groups excluding carboxylic acids is 1. The molecule has 2 N–H and O–H groups in total. The second kappa shape index (κ2) is 5.32. The molecule has 0 bridgehead atoms. The van der Waals surface area contributed by atoms with Crippen molar-refractivity contribution in [2.24, 2.45) is 7.05 Å². The predicted molar refractivity (Wildman–Crippen MR) is 84.2 cm³/mol. The highest BCUT2D eigenvalue weighted by molar-refractivity contribution is 6.38. The van der Waals surface area contributed by atoms with Crippen molar-refractivity contribution in [1.29, 1.82) is 0 Å². The third-order valence-corrected chi connectivity index (χ3v) is 4.82. The van der Waals surface area contributed by atoms with Crippen LogP contribution in [-0.2, 0) is 11.8 Å². The Balaban J connectivity index is 1.94. The largest absolute Gasteiger partial charge is 0.481 e. The Labute approximate surface area is 132 Å². The van der Waals surface area contributed by atoms with Gasteiger partial charge in [-0.15, -0.1) is 0 Å². The summed E-state index contributed by atoms with van der Waals surface area (Å²) in [6.45, 7) is 0. The average Bonchev–Trinajstić information content (AvgIpc) is 2.68. The number of para-hydroxylation sites is 1. The fourth-order valence-corrected chi connectivity index (χ4v) is 3.51. The van der Waals surface area contributed by atoms with E-state index in [1.807, 2.05) is 24.3 Å². The van der Waals surface area contributed by atoms with E-state index in [1.165, 1.54) is 0 Å². The molecule has 22 heavy (non-hydrogen) atoms. The van der Waals surface area contributed by atoms with Crippen LogP contribution in [0.3, 0.4) is 0 Å². The Morgan fingerprint density at radius 3 is 2.59 bits per heavy atom. The van der Waals surface area contributed by atoms with Gasteiger partial charge in [0.2, 0.25) is 0 Å². The maximum atomic E-state index is 12.6. The van der Waals surface area contributed by atoms with Gasteiger partial charge in [-0.1, -0.05) is 29.8 Å². The minimum absolute atomic E-state index is 0.0553. The number of aryl methyl sites for hydroxylation is 1. The molecular weight excluding hydrogens is 304 g/mol. The quantitative estimate of drug-likeness (QED) is 0.909. The Morgan fingerprint density at radius 2 is 2.05 bits per heavy atom. The minimum Gasteiger partial charge on any atom is -0.481 e. The summed E-state index contributed by atoms with van der Waals surface area (Å²) in [5.74, 6) is -1.22. The fraction of sp³-hybridized carbons (Fsp3) is 0.375. The van der Waals surface area contributed by atoms with E-state index >= 15 is 0 Å². The van der Waals surface area contributed by atoms with Crippen LogP contribution in [0.25, 0.3) is 10.9 Å². The maximum Gasteiger partial charge on any atom is 0.305 e. The molecule has 0 radical (unpaired) electrons. The van der Waals surface area contributed by atoms with Gasteiger partial charge >= 0.3 is 5.97 Å². The van der Waals surface area contributed by atoms with Crippen LogP contribution in [0.5, 0.6) is 0 Å². The summed E-state index contributed by atoms with van der Waals surface area (Å²) >= 11 is 6.36. The molecule has 2 aromatic rings. The molecule has 5 nitrogen and oxygen atoms in total. The SMILES string of the molecule is Cn1c(C(=O)NC2(CC(=O)O)CCC2)c(Cl)c2ccccc21. The van der Waals surface area contributed by atoms with Crippen LogP contribution in [0, 0.1) is 0 Å². The summed E-state index contributed by atoms with van der Waals surface area (Å²) in [6, 6.07) is 7.52. The minimum atomic E-state index is -0.900. The monoisotopic (exact) mass is 320 g/mol. The van der Waals surface area contributed by atoms with E-state index in [1.54, 1.807) is 11.6 Å². The van der Waals surface area contributed by atoms with Crippen molar-refractivity contribution >= 4 is 34.4 Å². The highest BCUT2D eigenvalue weighted by Crippen LogP contribution is 2.36. The number of carboxylic acids is 1. The van der Waals surface area contributed by atoms with E-state index in [4.69, 9.17) is 16.7 Å². The van der Waals surface area contributed by atoms with E-state index in [9.17, 15) is 9.59 Å². The number of halogens is 1. The normalized spacial score (nSPS) is 16.3. The van der Waals surface area contributed by atoms with Crippen LogP contribution in [0.15, 0.2) is 24.3 Å². The molecule has 3 rings (SSSR count). The van der Waals surface area contributed by atoms with Gasteiger partial charge in [0, 0.05) is 18.0 Å². The van der Waals surface area contributed by atoms with Gasteiger partial charge < -0.3 is 15.0 Å². The van der Waals surface area contributed by atoms with Crippen molar-refractivity contribution in [2.75, 3.05) is 0 Å². The number of fused-ring (bicyclic) bond motifs is 1. The smallest absolute Gasteiger partial charge is 0.305 e. The summed E-state index contributed by atoms with van der Waals surface area (Å²) in [5.41, 5.74) is 0.612. The van der Waals surface area contributed by atoms with Crippen molar-refractivity contribution in [3.63, 3.8) is 0 Å². The number of nitrogens with zero attached hydrogens (tertiary/aromatic N) is 1. The number of aromatic nitrogens is 1. The molecule has 1 aromatic carbocycles. The summed E-state index contributed by atoms with van der Waals surface area (Å²) in [7, 11) is 1.79. The molecule has 1 aliphatic rings. The van der Waals surface area contributed by atoms with Crippen molar-refractivity contribution < 1.29 is 14.7 Å². The van der Waals surface area contributed by atoms with E-state index in [-0.39, 0.29) is 12.3 Å². The molecule has 1 fully saturated rings. The summed E-state index contributed by atoms with van der Waals surface area (Å²) in [6.07, 6.45) is 2.25. The van der Waals surface area contributed by atoms with Crippen molar-refractivity contribution in [3.8, 4) is 0 Å². The molecule has 0 saturated heterocycles. The third-order valence-electron chi connectivity index (χ3n) is 4.44. The predicted octanol–water partition coefficient (Wildman–Crippen LogP) is 2.96. The Bertz CT molecular complexity index is 723. The van der Waals surface area contributed by atoms with Crippen LogP contribution in [0.2, 0.25) is 5.02 Å². The molecule has 0 aliphatic heterocycles. The van der Waals surface area contributed by atoms with Crippen LogP contribution in [-0.4, -0.2) is 27.1 Å². The lowest BCUT2D eigenvalue weighted by Gasteiger charge is -2.41. The van der Waals surface area contributed by atoms with Gasteiger partial charge in [0.05, 0.1) is 17.0 Å². The van der Waals surface area contributed by atoms with Crippen LogP contribution in [0.1, 0.15) is 36.2 Å². The highest BCUT2D eigenvalue weighted by Gasteiger charge is 2.41. The van der Waals surface area contributed by atoms with Crippen molar-refractivity contribution in [1.82, 2.24) is 9.88 Å². The number of aliphatic carboxylic acids is 1. The zero-order chi connectivity index (χ0) is 15.9. The number of rotatable bonds is 4. The zero-order valence-corrected chi connectivity index (χ0v) is 13.0. The van der Waals surface area contributed by atoms with Crippen LogP contribution in [0.4, 0.5) is 0 Å². The van der Waals surface area contributed by atoms with E-state index in [0.29, 0.717) is 23.6 Å². The number of hydrogen-bond acceptors (Lipinski definition) is 2. The molecule has 1 heterocycles. The van der Waals surface area contributed by atoms with Gasteiger partial charge in [0.1, 0.15) is 5.69 Å². The molecule has 0 spiro atoms. The van der Waals surface area contributed by atoms with Gasteiger partial charge in [0.25, 0.3) is 5.91 Å². The first-order chi connectivity index (χ1) is 10.4. The van der Waals surface area contributed by atoms with Crippen molar-refractivity contribution in [2.45, 2.75) is 31.2 Å². The Hall–Kier alpha value is -2.01. The topological polar surface area (TPSA) is 71.3 Å². The van der Waals surface area contributed by atoms with Gasteiger partial charge in [-0.2, -0.15) is 0 Å². The first-order valence-corrected chi connectivity index (χ1v) is 7.58. The Kier molecular flexibility index (Phi) is 3.60. The number of hydrogen-bond donors (Lipinski definition) is 2. The third kappa shape index (κ3) is 2.35. The molecule has 1 saturated carbocycles. The van der Waals surface area contributed by atoms with Crippen LogP contribution < -0.4 is 5.32 Å². The number of carboxylic acid groups (broad SMARTS) is 1. The first kappa shape index (κ1) is 14.9. The average molecular weight is 321 g/mol. The summed E-state index contributed by atoms with van der Waals surface area (Å²) in [5, 5.41) is 13.2. The highest BCUT2D eigenvalue weighted by atomic mass is 35.5. The van der Waals surface area contributed by atoms with Crippen molar-refractivity contribution in [3.05, 3.63) is 35.0 Å². The van der Waals surface area contributed by atoms with E-state index < -0.39 is 11.5 Å². The van der Waals surface area contributed by atoms with Gasteiger partial charge in [0.15, 0.2) is 0 Å². The number of nitrogens with one attached hydrogen (secondary N) is 1. The zero-order valence-electron chi connectivity index (χ0n) is 12.2. The van der Waals surface area contributed by atoms with Gasteiger partial charge in [-0.3, -0.25) is 9.59 Å². The number of carbonyl (C=O) groups is 2. The Morgan fingerprint density at radius 1 is 1.36 bits per heavy atom. The molecule has 1 aromatic heterocycles. The molecule has 1 amide bonds. The molecule has 1 aliphatic carbocycles. The first-order valence-electron chi connectivity index (χ1n) is 7.21. The molecule has 0 atom stereocenters. The fourth-order valence-electron chi connectivity index (χ4n) is 3.14. The lowest BCUT2D eigenvalue weighted by atomic mass is 9.74. The van der Waals surface area contributed by atoms with E-state index in [0.717, 1.165) is 17.3 Å². The van der Waals surface area contributed by atoms with Crippen LogP contribution >= 0.6 is 11.6 Å². The molecule has 0 unspecified atom stereocenters. The molecular formula is C16H17ClN2O3. The number of amides is 1. The van der Waals surface area contributed by atoms with Gasteiger partial charge in [-0.05, 0) is 25.3 Å². The second-order valence-corrected chi connectivity index (χ2v) is 6.28. The number of benzene rings is 1. The molecule has 6 heteroatoms. The standard InChI is InChI=1S/C16H17ClN2O3/c1-19-11-6-3-2-5-10(11)13(17)14(19)15(22)18-16(7-4-8-16)9-12(20)21/h2-3,5-6H,4,7-9H2,1H3,(H,18,22)(H,20,21). The lowest BCUT2D eigenvalue weighted by Crippen LogP contribution is -2.55. The van der Waals surface area contributed by atoms with E-state index in [2.05, 4.69) is 5.32 Å². The summed E-state index contributed by atoms with van der Waals surface area (Å²) in [4.78, 5) is 23.7. The molecule has 116 valence electrons. The lowest BCUT2D eigenvalue weighted by molar-refractivity contribution is -0.139. The summed E-state index contributed by atoms with van der Waals surface area (Å²) < 4.78 is 1.75. The van der Waals surface area contributed by atoms with Gasteiger partial charge in [-0.25, -0.2) is 0 Å². The maximum absolute atomic E-state index is 12.6.